The lowest BCUT2D eigenvalue weighted by Crippen LogP contribution is -1.98. The van der Waals surface area contributed by atoms with Gasteiger partial charge < -0.3 is 4.74 Å². The van der Waals surface area contributed by atoms with Crippen molar-refractivity contribution in [3.8, 4) is 0 Å². The molecule has 0 atom stereocenters. The number of carbonyl (C=O) groups is 1. The third-order valence-corrected chi connectivity index (χ3v) is 4.19. The van der Waals surface area contributed by atoms with Crippen LogP contribution in [0.1, 0.15) is 90.4 Å². The molecule has 0 aromatic carbocycles. The number of ether oxygens (including phenoxy) is 1. The first-order valence-electron chi connectivity index (χ1n) is 10.5. The van der Waals surface area contributed by atoms with E-state index in [4.69, 9.17) is 0 Å². The van der Waals surface area contributed by atoms with Crippen molar-refractivity contribution in [2.75, 3.05) is 7.11 Å². The summed E-state index contributed by atoms with van der Waals surface area (Å²) in [6.07, 6.45) is 32.5. The van der Waals surface area contributed by atoms with Crippen molar-refractivity contribution in [2.24, 2.45) is 0 Å². The van der Waals surface area contributed by atoms with Gasteiger partial charge in [0.2, 0.25) is 0 Å². The normalized spacial score (nSPS) is 12.2. The number of methoxy groups -OCH3 is 1. The van der Waals surface area contributed by atoms with Gasteiger partial charge in [0.25, 0.3) is 0 Å². The van der Waals surface area contributed by atoms with Crippen molar-refractivity contribution in [3.63, 3.8) is 0 Å². The van der Waals surface area contributed by atoms with Crippen molar-refractivity contribution < 1.29 is 9.53 Å². The van der Waals surface area contributed by atoms with Gasteiger partial charge in [0.05, 0.1) is 7.11 Å². The molecule has 0 aliphatic rings. The van der Waals surface area contributed by atoms with Gasteiger partial charge in [-0.2, -0.15) is 0 Å². The second-order valence-corrected chi connectivity index (χ2v) is 6.62. The molecule has 0 aliphatic carbocycles. The summed E-state index contributed by atoms with van der Waals surface area (Å²) in [5.74, 6) is -0.123. The van der Waals surface area contributed by atoms with Crippen LogP contribution in [-0.4, -0.2) is 13.1 Å². The topological polar surface area (TPSA) is 26.3 Å². The molecule has 0 aromatic heterocycles. The Labute approximate surface area is 162 Å². The summed E-state index contributed by atoms with van der Waals surface area (Å²) in [6.45, 7) is 2.26. The van der Waals surface area contributed by atoms with Gasteiger partial charge in [-0.15, -0.1) is 0 Å². The zero-order valence-electron chi connectivity index (χ0n) is 17.1. The molecule has 0 N–H and O–H groups in total. The number of hydrogen-bond donors (Lipinski definition) is 0. The Balaban J connectivity index is 3.39. The Morgan fingerprint density at radius 1 is 0.654 bits per heavy atom. The Morgan fingerprint density at radius 3 is 1.65 bits per heavy atom. The Kier molecular flexibility index (Phi) is 20.2. The fraction of sp³-hybridized carbons (Fsp3) is 0.625. The minimum absolute atomic E-state index is 0.123. The summed E-state index contributed by atoms with van der Waals surface area (Å²) >= 11 is 0. The molecular weight excluding hydrogens is 320 g/mol. The molecule has 0 spiro atoms. The molecule has 0 bridgehead atoms. The van der Waals surface area contributed by atoms with Gasteiger partial charge in [-0.3, -0.25) is 4.79 Å². The summed E-state index contributed by atoms with van der Waals surface area (Å²) in [4.78, 5) is 10.9. The quantitative estimate of drug-likeness (QED) is 0.153. The van der Waals surface area contributed by atoms with E-state index in [2.05, 4.69) is 60.3 Å². The van der Waals surface area contributed by atoms with Crippen LogP contribution in [0.3, 0.4) is 0 Å². The average Bonchev–Trinajstić information content (AvgIpc) is 2.66. The fourth-order valence-corrected chi connectivity index (χ4v) is 2.56. The number of carbonyl (C=O) groups excluding carboxylic acids is 1. The van der Waals surface area contributed by atoms with Gasteiger partial charge in [-0.1, -0.05) is 87.6 Å². The van der Waals surface area contributed by atoms with E-state index in [-0.39, 0.29) is 5.97 Å². The maximum atomic E-state index is 10.9. The van der Waals surface area contributed by atoms with Crippen LogP contribution in [0.5, 0.6) is 0 Å². The van der Waals surface area contributed by atoms with E-state index in [1.165, 1.54) is 52.1 Å². The minimum Gasteiger partial charge on any atom is -0.469 e. The van der Waals surface area contributed by atoms with Crippen LogP contribution in [-0.2, 0) is 9.53 Å². The first-order valence-corrected chi connectivity index (χ1v) is 10.5. The van der Waals surface area contributed by atoms with E-state index in [0.717, 1.165) is 32.1 Å². The predicted molar refractivity (Wildman–Crippen MR) is 114 cm³/mol. The molecule has 0 aliphatic heterocycles. The SMILES string of the molecule is CCCCCCCC/C=C\C/C=C\C/C=C\C/C=C\CCCC(=O)OC. The summed E-state index contributed by atoms with van der Waals surface area (Å²) < 4.78 is 4.61. The van der Waals surface area contributed by atoms with Crippen LogP contribution in [0.25, 0.3) is 0 Å². The number of hydrogen-bond acceptors (Lipinski definition) is 2. The first kappa shape index (κ1) is 24.4. The second-order valence-electron chi connectivity index (χ2n) is 6.62. The standard InChI is InChI=1S/C24H40O2/c1-3-4-5-6-7-8-9-10-11-12-13-14-15-16-17-18-19-20-21-22-23-24(25)26-2/h10-11,13-14,16-17,19-20H,3-9,12,15,18,21-23H2,1-2H3/b11-10-,14-13-,17-16-,20-19-. The smallest absolute Gasteiger partial charge is 0.305 e. The Hall–Kier alpha value is -1.57. The third kappa shape index (κ3) is 20.5. The number of unbranched alkanes of at least 4 members (excludes halogenated alkanes) is 7. The van der Waals surface area contributed by atoms with Crippen molar-refractivity contribution in [2.45, 2.75) is 90.4 Å². The Bertz CT molecular complexity index is 416. The maximum Gasteiger partial charge on any atom is 0.305 e. The van der Waals surface area contributed by atoms with Crippen molar-refractivity contribution in [1.82, 2.24) is 0 Å². The highest BCUT2D eigenvalue weighted by atomic mass is 16.5. The molecule has 0 saturated carbocycles. The molecule has 0 unspecified atom stereocenters. The van der Waals surface area contributed by atoms with E-state index < -0.39 is 0 Å². The van der Waals surface area contributed by atoms with E-state index in [0.29, 0.717) is 6.42 Å². The lowest BCUT2D eigenvalue weighted by atomic mass is 10.1. The van der Waals surface area contributed by atoms with Gasteiger partial charge in [-0.05, 0) is 44.9 Å². The van der Waals surface area contributed by atoms with Crippen LogP contribution >= 0.6 is 0 Å². The highest BCUT2D eigenvalue weighted by Crippen LogP contribution is 2.07. The van der Waals surface area contributed by atoms with Crippen molar-refractivity contribution >= 4 is 5.97 Å². The molecule has 2 nitrogen and oxygen atoms in total. The molecule has 0 rings (SSSR count). The summed E-state index contributed by atoms with van der Waals surface area (Å²) in [5, 5.41) is 0. The lowest BCUT2D eigenvalue weighted by Gasteiger charge is -1.97. The summed E-state index contributed by atoms with van der Waals surface area (Å²) in [5.41, 5.74) is 0. The van der Waals surface area contributed by atoms with E-state index in [1.54, 1.807) is 0 Å². The first-order chi connectivity index (χ1) is 12.8. The maximum absolute atomic E-state index is 10.9. The van der Waals surface area contributed by atoms with Crippen molar-refractivity contribution in [3.05, 3.63) is 48.6 Å². The minimum atomic E-state index is -0.123. The largest absolute Gasteiger partial charge is 0.469 e. The van der Waals surface area contributed by atoms with Crippen molar-refractivity contribution in [1.29, 1.82) is 0 Å². The molecule has 2 heteroatoms. The van der Waals surface area contributed by atoms with E-state index in [1.807, 2.05) is 0 Å². The molecule has 0 radical (unpaired) electrons. The third-order valence-electron chi connectivity index (χ3n) is 4.19. The molecule has 0 heterocycles. The second kappa shape index (κ2) is 21.5. The summed E-state index contributed by atoms with van der Waals surface area (Å²) in [6, 6.07) is 0. The Morgan fingerprint density at radius 2 is 1.12 bits per heavy atom. The van der Waals surface area contributed by atoms with Crippen LogP contribution in [0, 0.1) is 0 Å². The molecule has 0 saturated heterocycles. The predicted octanol–water partition coefficient (Wildman–Crippen LogP) is 7.48. The van der Waals surface area contributed by atoms with Gasteiger partial charge in [0, 0.05) is 6.42 Å². The number of allylic oxidation sites excluding steroid dienone is 8. The average molecular weight is 361 g/mol. The molecular formula is C24H40O2. The zero-order valence-corrected chi connectivity index (χ0v) is 17.1. The highest BCUT2D eigenvalue weighted by Gasteiger charge is 1.96. The molecule has 0 aromatic rings. The fourth-order valence-electron chi connectivity index (χ4n) is 2.56. The molecule has 0 amide bonds. The van der Waals surface area contributed by atoms with Gasteiger partial charge in [0.15, 0.2) is 0 Å². The van der Waals surface area contributed by atoms with E-state index >= 15 is 0 Å². The van der Waals surface area contributed by atoms with Gasteiger partial charge in [-0.25, -0.2) is 0 Å². The van der Waals surface area contributed by atoms with Gasteiger partial charge >= 0.3 is 5.97 Å². The summed E-state index contributed by atoms with van der Waals surface area (Å²) in [7, 11) is 1.43. The van der Waals surface area contributed by atoms with Crippen LogP contribution < -0.4 is 0 Å². The van der Waals surface area contributed by atoms with Crippen LogP contribution in [0.2, 0.25) is 0 Å². The lowest BCUT2D eigenvalue weighted by molar-refractivity contribution is -0.140. The van der Waals surface area contributed by atoms with E-state index in [9.17, 15) is 4.79 Å². The zero-order chi connectivity index (χ0) is 19.1. The van der Waals surface area contributed by atoms with Crippen LogP contribution in [0.15, 0.2) is 48.6 Å². The number of rotatable bonds is 17. The molecule has 0 fully saturated rings. The van der Waals surface area contributed by atoms with Gasteiger partial charge in [0.1, 0.15) is 0 Å². The molecule has 26 heavy (non-hydrogen) atoms. The van der Waals surface area contributed by atoms with Crippen LogP contribution in [0.4, 0.5) is 0 Å². The monoisotopic (exact) mass is 360 g/mol. The number of esters is 1. The highest BCUT2D eigenvalue weighted by molar-refractivity contribution is 5.69. The molecule has 148 valence electrons.